The van der Waals surface area contributed by atoms with Gasteiger partial charge in [0.1, 0.15) is 9.93 Å². The van der Waals surface area contributed by atoms with E-state index in [9.17, 15) is 13.6 Å². The number of hydrogen-bond donors (Lipinski definition) is 1. The second-order valence-electron chi connectivity index (χ2n) is 4.70. The normalized spacial score (nSPS) is 28.4. The number of halogens is 3. The average molecular weight is 286 g/mol. The fraction of sp³-hybridized carbons (Fsp3) is 0.889. The van der Waals surface area contributed by atoms with E-state index in [2.05, 4.69) is 21.2 Å². The lowest BCUT2D eigenvalue weighted by molar-refractivity contribution is 0.0516. The summed E-state index contributed by atoms with van der Waals surface area (Å²) in [6, 6.07) is 0. The molecule has 0 aliphatic heterocycles. The molecule has 6 heteroatoms. The predicted molar refractivity (Wildman–Crippen MR) is 55.5 cm³/mol. The molecule has 1 N–H and O–H groups in total. The number of carbonyl (C=O) groups is 1. The maximum absolute atomic E-state index is 12.7. The molecule has 0 spiro atoms. The van der Waals surface area contributed by atoms with E-state index in [0.29, 0.717) is 0 Å². The van der Waals surface area contributed by atoms with Crippen LogP contribution in [0.1, 0.15) is 27.2 Å². The van der Waals surface area contributed by atoms with Gasteiger partial charge in [0.25, 0.3) is 5.92 Å². The molecular formula is C9H14BrF2NO2. The molecule has 1 amide bonds. The number of nitrogens with one attached hydrogen (secondary N) is 1. The van der Waals surface area contributed by atoms with Crippen LogP contribution in [0.4, 0.5) is 13.6 Å². The number of alkyl halides is 3. The fourth-order valence-corrected chi connectivity index (χ4v) is 1.52. The van der Waals surface area contributed by atoms with Gasteiger partial charge in [0.15, 0.2) is 0 Å². The Morgan fingerprint density at radius 2 is 2.00 bits per heavy atom. The van der Waals surface area contributed by atoms with Crippen molar-refractivity contribution in [2.45, 2.75) is 43.0 Å². The van der Waals surface area contributed by atoms with Gasteiger partial charge in [0.05, 0.1) is 0 Å². The molecule has 0 aromatic carbocycles. The molecular weight excluding hydrogens is 272 g/mol. The molecule has 0 bridgehead atoms. The minimum absolute atomic E-state index is 0.130. The van der Waals surface area contributed by atoms with Crippen molar-refractivity contribution in [3.05, 3.63) is 0 Å². The second kappa shape index (κ2) is 3.57. The van der Waals surface area contributed by atoms with Crippen LogP contribution < -0.4 is 5.32 Å². The van der Waals surface area contributed by atoms with Crippen molar-refractivity contribution in [3.8, 4) is 0 Å². The standard InChI is InChI=1S/C9H14BrF2NO2/c1-7(2,3)15-6(14)13-5-8(10)4-9(8,11)12/h4-5H2,1-3H3,(H,13,14). The molecule has 0 aromatic rings. The summed E-state index contributed by atoms with van der Waals surface area (Å²) in [5.41, 5.74) is -0.615. The smallest absolute Gasteiger partial charge is 0.407 e. The summed E-state index contributed by atoms with van der Waals surface area (Å²) >= 11 is 2.90. The van der Waals surface area contributed by atoms with Crippen LogP contribution in [0, 0.1) is 0 Å². The van der Waals surface area contributed by atoms with Crippen molar-refractivity contribution < 1.29 is 18.3 Å². The molecule has 3 nitrogen and oxygen atoms in total. The molecule has 0 aromatic heterocycles. The van der Waals surface area contributed by atoms with Crippen LogP contribution in [0.15, 0.2) is 0 Å². The zero-order chi connectivity index (χ0) is 11.9. The third-order valence-electron chi connectivity index (χ3n) is 1.94. The Morgan fingerprint density at radius 3 is 2.33 bits per heavy atom. The van der Waals surface area contributed by atoms with E-state index in [1.54, 1.807) is 20.8 Å². The van der Waals surface area contributed by atoms with Gasteiger partial charge in [-0.2, -0.15) is 0 Å². The first-order valence-corrected chi connectivity index (χ1v) is 5.39. The van der Waals surface area contributed by atoms with Crippen molar-refractivity contribution in [1.29, 1.82) is 0 Å². The summed E-state index contributed by atoms with van der Waals surface area (Å²) in [6.45, 7) is 5.00. The maximum Gasteiger partial charge on any atom is 0.407 e. The van der Waals surface area contributed by atoms with E-state index >= 15 is 0 Å². The van der Waals surface area contributed by atoms with E-state index in [0.717, 1.165) is 0 Å². The van der Waals surface area contributed by atoms with Crippen LogP contribution in [0.3, 0.4) is 0 Å². The Labute approximate surface area is 95.7 Å². The Bertz CT molecular complexity index is 278. The highest BCUT2D eigenvalue weighted by Crippen LogP contribution is 2.58. The molecule has 1 aliphatic rings. The van der Waals surface area contributed by atoms with Gasteiger partial charge in [-0.25, -0.2) is 13.6 Å². The number of alkyl carbamates (subject to hydrolysis) is 1. The number of carbonyl (C=O) groups excluding carboxylic acids is 1. The molecule has 1 atom stereocenters. The highest BCUT2D eigenvalue weighted by molar-refractivity contribution is 9.10. The summed E-state index contributed by atoms with van der Waals surface area (Å²) in [4.78, 5) is 11.1. The lowest BCUT2D eigenvalue weighted by atomic mass is 10.2. The minimum Gasteiger partial charge on any atom is -0.444 e. The average Bonchev–Trinajstić information content (AvgIpc) is 2.44. The zero-order valence-corrected chi connectivity index (χ0v) is 10.5. The summed E-state index contributed by atoms with van der Waals surface area (Å²) in [7, 11) is 0. The minimum atomic E-state index is -2.73. The molecule has 1 unspecified atom stereocenters. The highest BCUT2D eigenvalue weighted by Gasteiger charge is 2.70. The fourth-order valence-electron chi connectivity index (χ4n) is 1.03. The van der Waals surface area contributed by atoms with Crippen molar-refractivity contribution in [1.82, 2.24) is 5.32 Å². The molecule has 0 radical (unpaired) electrons. The topological polar surface area (TPSA) is 38.3 Å². The van der Waals surface area contributed by atoms with Gasteiger partial charge in [-0.1, -0.05) is 15.9 Å². The Balaban J connectivity index is 2.31. The number of rotatable bonds is 2. The monoisotopic (exact) mass is 285 g/mol. The highest BCUT2D eigenvalue weighted by atomic mass is 79.9. The molecule has 0 saturated heterocycles. The van der Waals surface area contributed by atoms with Crippen LogP contribution >= 0.6 is 15.9 Å². The van der Waals surface area contributed by atoms with Gasteiger partial charge in [0.2, 0.25) is 0 Å². The van der Waals surface area contributed by atoms with Crippen LogP contribution in [-0.2, 0) is 4.74 Å². The number of amides is 1. The first kappa shape index (κ1) is 12.7. The van der Waals surface area contributed by atoms with E-state index in [4.69, 9.17) is 4.74 Å². The van der Waals surface area contributed by atoms with E-state index < -0.39 is 21.9 Å². The van der Waals surface area contributed by atoms with Crippen LogP contribution in [-0.4, -0.2) is 28.5 Å². The van der Waals surface area contributed by atoms with Gasteiger partial charge in [-0.3, -0.25) is 0 Å². The summed E-state index contributed by atoms with van der Waals surface area (Å²) in [5, 5.41) is 2.31. The Morgan fingerprint density at radius 1 is 1.53 bits per heavy atom. The number of hydrogen-bond acceptors (Lipinski definition) is 2. The van der Waals surface area contributed by atoms with Gasteiger partial charge >= 0.3 is 6.09 Å². The Hall–Kier alpha value is -0.390. The van der Waals surface area contributed by atoms with Crippen LogP contribution in [0.2, 0.25) is 0 Å². The zero-order valence-electron chi connectivity index (χ0n) is 8.86. The second-order valence-corrected chi connectivity index (χ2v) is 6.22. The van der Waals surface area contributed by atoms with Crippen molar-refractivity contribution >= 4 is 22.0 Å². The van der Waals surface area contributed by atoms with Crippen molar-refractivity contribution in [2.75, 3.05) is 6.54 Å². The molecule has 1 fully saturated rings. The van der Waals surface area contributed by atoms with E-state index in [-0.39, 0.29) is 13.0 Å². The molecule has 1 aliphatic carbocycles. The van der Waals surface area contributed by atoms with E-state index in [1.807, 2.05) is 0 Å². The van der Waals surface area contributed by atoms with Crippen molar-refractivity contribution in [2.24, 2.45) is 0 Å². The van der Waals surface area contributed by atoms with Crippen molar-refractivity contribution in [3.63, 3.8) is 0 Å². The van der Waals surface area contributed by atoms with Gasteiger partial charge in [0, 0.05) is 13.0 Å². The molecule has 15 heavy (non-hydrogen) atoms. The lowest BCUT2D eigenvalue weighted by Gasteiger charge is -2.20. The van der Waals surface area contributed by atoms with Crippen LogP contribution in [0.25, 0.3) is 0 Å². The van der Waals surface area contributed by atoms with Gasteiger partial charge < -0.3 is 10.1 Å². The molecule has 0 heterocycles. The summed E-state index contributed by atoms with van der Waals surface area (Å²) in [6.07, 6.45) is -0.931. The molecule has 1 saturated carbocycles. The van der Waals surface area contributed by atoms with E-state index in [1.165, 1.54) is 0 Å². The summed E-state index contributed by atoms with van der Waals surface area (Å²) < 4.78 is 29.1. The quantitative estimate of drug-likeness (QED) is 0.793. The predicted octanol–water partition coefficient (Wildman–Crippen LogP) is 2.68. The largest absolute Gasteiger partial charge is 0.444 e. The Kier molecular flexibility index (Phi) is 3.02. The van der Waals surface area contributed by atoms with Crippen LogP contribution in [0.5, 0.6) is 0 Å². The maximum atomic E-state index is 12.7. The number of ether oxygens (including phenoxy) is 1. The first-order valence-electron chi connectivity index (χ1n) is 4.59. The summed E-state index contributed by atoms with van der Waals surface area (Å²) in [5.74, 6) is -2.73. The first-order chi connectivity index (χ1) is 6.56. The third kappa shape index (κ3) is 3.29. The van der Waals surface area contributed by atoms with Gasteiger partial charge in [-0.15, -0.1) is 0 Å². The molecule has 88 valence electrons. The lowest BCUT2D eigenvalue weighted by Crippen LogP contribution is -2.37. The van der Waals surface area contributed by atoms with Gasteiger partial charge in [-0.05, 0) is 20.8 Å². The third-order valence-corrected chi connectivity index (χ3v) is 3.09. The molecule has 1 rings (SSSR count). The SMILES string of the molecule is CC(C)(C)OC(=O)NCC1(Br)CC1(F)F.